The van der Waals surface area contributed by atoms with E-state index in [4.69, 9.17) is 0 Å². The van der Waals surface area contributed by atoms with E-state index >= 15 is 0 Å². The molecule has 0 unspecified atom stereocenters. The van der Waals surface area contributed by atoms with Crippen LogP contribution in [0.5, 0.6) is 0 Å². The zero-order valence-corrected chi connectivity index (χ0v) is 14.1. The van der Waals surface area contributed by atoms with E-state index in [1.54, 1.807) is 12.1 Å². The molecule has 0 aliphatic rings. The second-order valence-electron chi connectivity index (χ2n) is 4.59. The zero-order chi connectivity index (χ0) is 15.4. The molecule has 1 aromatic carbocycles. The van der Waals surface area contributed by atoms with Gasteiger partial charge in [-0.05, 0) is 37.6 Å². The summed E-state index contributed by atoms with van der Waals surface area (Å²) in [5.74, 6) is 0.295. The number of hydrogen-bond donors (Lipinski definition) is 0. The molecular weight excluding hydrogens is 348 g/mol. The zero-order valence-electron chi connectivity index (χ0n) is 11.7. The number of nitrogens with zero attached hydrogens (tertiary/aromatic N) is 2. The molecule has 0 bridgehead atoms. The Labute approximate surface area is 136 Å². The van der Waals surface area contributed by atoms with Gasteiger partial charge in [-0.1, -0.05) is 39.8 Å². The highest BCUT2D eigenvalue weighted by molar-refractivity contribution is 9.10. The first kappa shape index (κ1) is 15.7. The van der Waals surface area contributed by atoms with E-state index in [0.29, 0.717) is 16.2 Å². The van der Waals surface area contributed by atoms with Gasteiger partial charge in [0.2, 0.25) is 0 Å². The van der Waals surface area contributed by atoms with Gasteiger partial charge in [-0.25, -0.2) is 4.98 Å². The molecule has 5 heteroatoms. The summed E-state index contributed by atoms with van der Waals surface area (Å²) in [5.41, 5.74) is 2.96. The van der Waals surface area contributed by atoms with Gasteiger partial charge in [0.1, 0.15) is 11.1 Å². The third kappa shape index (κ3) is 3.93. The first-order valence-corrected chi connectivity index (χ1v) is 8.09. The Morgan fingerprint density at radius 3 is 2.62 bits per heavy atom. The van der Waals surface area contributed by atoms with Crippen LogP contribution in [0, 0.1) is 25.2 Å². The highest BCUT2D eigenvalue weighted by Crippen LogP contribution is 2.24. The Kier molecular flexibility index (Phi) is 5.16. The highest BCUT2D eigenvalue weighted by Gasteiger charge is 2.12. The summed E-state index contributed by atoms with van der Waals surface area (Å²) in [5, 5.41) is 9.83. The number of benzene rings is 1. The van der Waals surface area contributed by atoms with Crippen LogP contribution in [0.3, 0.4) is 0 Å². The van der Waals surface area contributed by atoms with Gasteiger partial charge in [0.25, 0.3) is 0 Å². The van der Waals surface area contributed by atoms with Crippen LogP contribution in [-0.2, 0) is 0 Å². The fourth-order valence-corrected chi connectivity index (χ4v) is 3.15. The van der Waals surface area contributed by atoms with Crippen LogP contribution < -0.4 is 0 Å². The molecule has 0 radical (unpaired) electrons. The maximum Gasteiger partial charge on any atom is 0.173 e. The standard InChI is InChI=1S/C16H13BrN2OS/c1-10-7-11(2)19-16(14(10)8-18)21-9-15(20)12-3-5-13(17)6-4-12/h3-7H,9H2,1-2H3. The van der Waals surface area contributed by atoms with Gasteiger partial charge in [0.15, 0.2) is 5.78 Å². The quantitative estimate of drug-likeness (QED) is 0.602. The summed E-state index contributed by atoms with van der Waals surface area (Å²) in [6, 6.07) is 11.3. The normalized spacial score (nSPS) is 10.2. The fourth-order valence-electron chi connectivity index (χ4n) is 1.90. The largest absolute Gasteiger partial charge is 0.293 e. The molecule has 21 heavy (non-hydrogen) atoms. The van der Waals surface area contributed by atoms with Gasteiger partial charge in [0, 0.05) is 15.7 Å². The van der Waals surface area contributed by atoms with Crippen molar-refractivity contribution < 1.29 is 4.79 Å². The Morgan fingerprint density at radius 1 is 1.33 bits per heavy atom. The van der Waals surface area contributed by atoms with Crippen molar-refractivity contribution in [1.82, 2.24) is 4.98 Å². The van der Waals surface area contributed by atoms with Gasteiger partial charge in [-0.2, -0.15) is 5.26 Å². The predicted molar refractivity (Wildman–Crippen MR) is 87.6 cm³/mol. The molecule has 0 fully saturated rings. The number of carbonyl (C=O) groups excluding carboxylic acids is 1. The van der Waals surface area contributed by atoms with Crippen LogP contribution in [0.1, 0.15) is 27.2 Å². The summed E-state index contributed by atoms with van der Waals surface area (Å²) in [7, 11) is 0. The number of Topliss-reactive ketones (excluding diaryl/α,β-unsaturated/α-hetero) is 1. The highest BCUT2D eigenvalue weighted by atomic mass is 79.9. The van der Waals surface area contributed by atoms with Crippen molar-refractivity contribution >= 4 is 33.5 Å². The van der Waals surface area contributed by atoms with E-state index in [1.807, 2.05) is 32.0 Å². The van der Waals surface area contributed by atoms with E-state index < -0.39 is 0 Å². The molecule has 0 aliphatic carbocycles. The van der Waals surface area contributed by atoms with E-state index in [0.717, 1.165) is 15.7 Å². The maximum absolute atomic E-state index is 12.2. The number of carbonyl (C=O) groups is 1. The fraction of sp³-hybridized carbons (Fsp3) is 0.188. The SMILES string of the molecule is Cc1cc(C)c(C#N)c(SCC(=O)c2ccc(Br)cc2)n1. The van der Waals surface area contributed by atoms with Crippen molar-refractivity contribution in [2.45, 2.75) is 18.9 Å². The van der Waals surface area contributed by atoms with Crippen LogP contribution in [0.15, 0.2) is 39.8 Å². The summed E-state index contributed by atoms with van der Waals surface area (Å²) in [6.07, 6.45) is 0. The number of pyridine rings is 1. The summed E-state index contributed by atoms with van der Waals surface area (Å²) in [4.78, 5) is 16.5. The van der Waals surface area contributed by atoms with E-state index in [9.17, 15) is 10.1 Å². The Morgan fingerprint density at radius 2 is 2.00 bits per heavy atom. The van der Waals surface area contributed by atoms with E-state index in [-0.39, 0.29) is 11.5 Å². The minimum Gasteiger partial charge on any atom is -0.293 e. The van der Waals surface area contributed by atoms with Crippen molar-refractivity contribution in [3.05, 3.63) is 57.2 Å². The lowest BCUT2D eigenvalue weighted by molar-refractivity contribution is 0.102. The number of rotatable bonds is 4. The lowest BCUT2D eigenvalue weighted by Crippen LogP contribution is -2.03. The molecule has 106 valence electrons. The molecule has 3 nitrogen and oxygen atoms in total. The van der Waals surface area contributed by atoms with E-state index in [1.165, 1.54) is 11.8 Å². The number of ketones is 1. The van der Waals surface area contributed by atoms with Crippen molar-refractivity contribution in [1.29, 1.82) is 5.26 Å². The topological polar surface area (TPSA) is 53.8 Å². The Hall–Kier alpha value is -1.64. The Balaban J connectivity index is 2.15. The van der Waals surface area contributed by atoms with Gasteiger partial charge in [-0.3, -0.25) is 4.79 Å². The third-order valence-electron chi connectivity index (χ3n) is 2.93. The summed E-state index contributed by atoms with van der Waals surface area (Å²) >= 11 is 4.65. The average Bonchev–Trinajstić information content (AvgIpc) is 2.45. The lowest BCUT2D eigenvalue weighted by atomic mass is 10.1. The summed E-state index contributed by atoms with van der Waals surface area (Å²) < 4.78 is 0.939. The van der Waals surface area contributed by atoms with Crippen LogP contribution >= 0.6 is 27.7 Å². The van der Waals surface area contributed by atoms with Gasteiger partial charge < -0.3 is 0 Å². The van der Waals surface area contributed by atoms with Gasteiger partial charge >= 0.3 is 0 Å². The first-order chi connectivity index (χ1) is 10.0. The van der Waals surface area contributed by atoms with Gasteiger partial charge in [0.05, 0.1) is 11.3 Å². The molecule has 0 saturated heterocycles. The Bertz CT molecular complexity index is 720. The molecule has 0 N–H and O–H groups in total. The third-order valence-corrected chi connectivity index (χ3v) is 4.43. The summed E-state index contributed by atoms with van der Waals surface area (Å²) in [6.45, 7) is 3.77. The molecule has 2 aromatic rings. The number of hydrogen-bond acceptors (Lipinski definition) is 4. The number of thioether (sulfide) groups is 1. The average molecular weight is 361 g/mol. The van der Waals surface area contributed by atoms with Gasteiger partial charge in [-0.15, -0.1) is 0 Å². The number of nitriles is 1. The molecule has 1 aromatic heterocycles. The second-order valence-corrected chi connectivity index (χ2v) is 6.47. The molecule has 0 aliphatic heterocycles. The maximum atomic E-state index is 12.2. The molecule has 0 atom stereocenters. The molecule has 1 heterocycles. The lowest BCUT2D eigenvalue weighted by Gasteiger charge is -2.07. The van der Waals surface area contributed by atoms with Crippen LogP contribution in [-0.4, -0.2) is 16.5 Å². The number of halogens is 1. The molecule has 0 amide bonds. The molecule has 0 saturated carbocycles. The van der Waals surface area contributed by atoms with Crippen LogP contribution in [0.4, 0.5) is 0 Å². The predicted octanol–water partition coefficient (Wildman–Crippen LogP) is 4.31. The van der Waals surface area contributed by atoms with Crippen LogP contribution in [0.25, 0.3) is 0 Å². The molecular formula is C16H13BrN2OS. The number of aryl methyl sites for hydroxylation is 2. The number of aromatic nitrogens is 1. The monoisotopic (exact) mass is 360 g/mol. The molecule has 2 rings (SSSR count). The smallest absolute Gasteiger partial charge is 0.173 e. The van der Waals surface area contributed by atoms with Crippen molar-refractivity contribution in [3.63, 3.8) is 0 Å². The van der Waals surface area contributed by atoms with Crippen molar-refractivity contribution in [2.24, 2.45) is 0 Å². The second kappa shape index (κ2) is 6.88. The minimum atomic E-state index is 0.0253. The first-order valence-electron chi connectivity index (χ1n) is 6.31. The van der Waals surface area contributed by atoms with Crippen molar-refractivity contribution in [2.75, 3.05) is 5.75 Å². The minimum absolute atomic E-state index is 0.0253. The molecule has 0 spiro atoms. The van der Waals surface area contributed by atoms with Crippen molar-refractivity contribution in [3.8, 4) is 6.07 Å². The van der Waals surface area contributed by atoms with E-state index in [2.05, 4.69) is 27.0 Å². The van der Waals surface area contributed by atoms with Crippen LogP contribution in [0.2, 0.25) is 0 Å².